The average molecular weight is 266 g/mol. The van der Waals surface area contributed by atoms with E-state index in [2.05, 4.69) is 0 Å². The third-order valence-corrected chi connectivity index (χ3v) is 3.13. The largest absolute Gasteiger partial charge is 0.493 e. The van der Waals surface area contributed by atoms with Gasteiger partial charge < -0.3 is 20.5 Å². The van der Waals surface area contributed by atoms with Crippen LogP contribution in [0.25, 0.3) is 0 Å². The molecule has 0 saturated heterocycles. The Balaban J connectivity index is 2.41. The molecule has 5 heteroatoms. The van der Waals surface area contributed by atoms with Gasteiger partial charge >= 0.3 is 0 Å². The quantitative estimate of drug-likeness (QED) is 0.760. The number of anilines is 1. The van der Waals surface area contributed by atoms with E-state index in [-0.39, 0.29) is 18.9 Å². The van der Waals surface area contributed by atoms with Gasteiger partial charge in [-0.1, -0.05) is 0 Å². The van der Waals surface area contributed by atoms with Gasteiger partial charge in [0.1, 0.15) is 5.75 Å². The lowest BCUT2D eigenvalue weighted by molar-refractivity contribution is -0.136. The predicted molar refractivity (Wildman–Crippen MR) is 74.9 cm³/mol. The molecule has 0 spiro atoms. The molecule has 1 amide bonds. The summed E-state index contributed by atoms with van der Waals surface area (Å²) < 4.78 is 5.46. The summed E-state index contributed by atoms with van der Waals surface area (Å²) in [5, 5.41) is 9.21. The zero-order valence-corrected chi connectivity index (χ0v) is 11.7. The second-order valence-electron chi connectivity index (χ2n) is 5.09. The van der Waals surface area contributed by atoms with E-state index in [1.807, 2.05) is 13.8 Å². The molecule has 0 saturated carbocycles. The van der Waals surface area contributed by atoms with Crippen LogP contribution in [0.1, 0.15) is 20.3 Å². The van der Waals surface area contributed by atoms with Gasteiger partial charge in [0.15, 0.2) is 0 Å². The number of rotatable bonds is 6. The SMILES string of the molecule is CN(C(=O)CCOc1ccc(N)cc1)C(C)(C)CO. The van der Waals surface area contributed by atoms with Crippen molar-refractivity contribution in [1.82, 2.24) is 4.90 Å². The molecule has 0 bridgehead atoms. The van der Waals surface area contributed by atoms with E-state index in [0.29, 0.717) is 18.0 Å². The Hall–Kier alpha value is -1.75. The Morgan fingerprint density at radius 3 is 2.47 bits per heavy atom. The Morgan fingerprint density at radius 1 is 1.37 bits per heavy atom. The fourth-order valence-electron chi connectivity index (χ4n) is 1.43. The van der Waals surface area contributed by atoms with E-state index in [0.717, 1.165) is 0 Å². The number of aliphatic hydroxyl groups excluding tert-OH is 1. The molecule has 0 aliphatic heterocycles. The first kappa shape index (κ1) is 15.3. The summed E-state index contributed by atoms with van der Waals surface area (Å²) in [6.45, 7) is 3.85. The van der Waals surface area contributed by atoms with Crippen molar-refractivity contribution in [1.29, 1.82) is 0 Å². The Bertz CT molecular complexity index is 415. The van der Waals surface area contributed by atoms with E-state index in [1.165, 1.54) is 0 Å². The molecule has 0 atom stereocenters. The normalized spacial score (nSPS) is 11.2. The number of hydrogen-bond acceptors (Lipinski definition) is 4. The topological polar surface area (TPSA) is 75.8 Å². The molecule has 0 aliphatic rings. The molecule has 5 nitrogen and oxygen atoms in total. The number of nitrogen functional groups attached to an aromatic ring is 1. The Kier molecular flexibility index (Phi) is 5.18. The van der Waals surface area contributed by atoms with Gasteiger partial charge in [0.05, 0.1) is 25.2 Å². The highest BCUT2D eigenvalue weighted by Gasteiger charge is 2.26. The minimum absolute atomic E-state index is 0.0607. The highest BCUT2D eigenvalue weighted by molar-refractivity contribution is 5.76. The maximum atomic E-state index is 11.9. The summed E-state index contributed by atoms with van der Waals surface area (Å²) in [6.07, 6.45) is 0.268. The number of aliphatic hydroxyl groups is 1. The molecule has 1 aromatic carbocycles. The van der Waals surface area contributed by atoms with E-state index in [9.17, 15) is 9.90 Å². The molecule has 3 N–H and O–H groups in total. The van der Waals surface area contributed by atoms with Gasteiger partial charge in [-0.25, -0.2) is 0 Å². The fourth-order valence-corrected chi connectivity index (χ4v) is 1.43. The first-order valence-electron chi connectivity index (χ1n) is 6.22. The Labute approximate surface area is 114 Å². The molecular weight excluding hydrogens is 244 g/mol. The zero-order valence-electron chi connectivity index (χ0n) is 11.7. The summed E-state index contributed by atoms with van der Waals surface area (Å²) in [5.74, 6) is 0.626. The number of carbonyl (C=O) groups is 1. The van der Waals surface area contributed by atoms with Crippen LogP contribution in [0.3, 0.4) is 0 Å². The monoisotopic (exact) mass is 266 g/mol. The van der Waals surface area contributed by atoms with E-state index >= 15 is 0 Å². The standard InChI is InChI=1S/C14H22N2O3/c1-14(2,10-17)16(3)13(18)8-9-19-12-6-4-11(15)5-7-12/h4-7,17H,8-10,15H2,1-3H3. The van der Waals surface area contributed by atoms with Crippen LogP contribution in [0.5, 0.6) is 5.75 Å². The van der Waals surface area contributed by atoms with Gasteiger partial charge in [0, 0.05) is 12.7 Å². The van der Waals surface area contributed by atoms with Gasteiger partial charge in [-0.15, -0.1) is 0 Å². The molecule has 0 fully saturated rings. The fraction of sp³-hybridized carbons (Fsp3) is 0.500. The van der Waals surface area contributed by atoms with Crippen LogP contribution in [0, 0.1) is 0 Å². The van der Waals surface area contributed by atoms with Crippen LogP contribution in [-0.2, 0) is 4.79 Å². The maximum absolute atomic E-state index is 11.9. The third-order valence-electron chi connectivity index (χ3n) is 3.13. The van der Waals surface area contributed by atoms with Crippen molar-refractivity contribution >= 4 is 11.6 Å². The van der Waals surface area contributed by atoms with E-state index in [4.69, 9.17) is 10.5 Å². The average Bonchev–Trinajstić information content (AvgIpc) is 2.40. The van der Waals surface area contributed by atoms with Gasteiger partial charge in [-0.3, -0.25) is 4.79 Å². The van der Waals surface area contributed by atoms with Gasteiger partial charge in [0.25, 0.3) is 0 Å². The predicted octanol–water partition coefficient (Wildman–Crippen LogP) is 1.27. The molecule has 0 aliphatic carbocycles. The molecule has 0 radical (unpaired) electrons. The van der Waals surface area contributed by atoms with Crippen molar-refractivity contribution in [3.8, 4) is 5.75 Å². The number of ether oxygens (including phenoxy) is 1. The van der Waals surface area contributed by atoms with Crippen molar-refractivity contribution < 1.29 is 14.6 Å². The van der Waals surface area contributed by atoms with Crippen molar-refractivity contribution in [2.45, 2.75) is 25.8 Å². The van der Waals surface area contributed by atoms with Crippen LogP contribution in [0.2, 0.25) is 0 Å². The van der Waals surface area contributed by atoms with Crippen LogP contribution in [-0.4, -0.2) is 41.7 Å². The lowest BCUT2D eigenvalue weighted by atomic mass is 10.0. The molecule has 0 heterocycles. The molecule has 106 valence electrons. The summed E-state index contributed by atoms with van der Waals surface area (Å²) >= 11 is 0. The van der Waals surface area contributed by atoms with Crippen LogP contribution in [0.4, 0.5) is 5.69 Å². The second kappa shape index (κ2) is 6.43. The maximum Gasteiger partial charge on any atom is 0.226 e. The summed E-state index contributed by atoms with van der Waals surface area (Å²) in [4.78, 5) is 13.4. The van der Waals surface area contributed by atoms with Crippen molar-refractivity contribution in [2.75, 3.05) is 26.0 Å². The van der Waals surface area contributed by atoms with E-state index < -0.39 is 5.54 Å². The lowest BCUT2D eigenvalue weighted by Crippen LogP contribution is -2.47. The molecule has 1 aromatic rings. The highest BCUT2D eigenvalue weighted by atomic mass is 16.5. The smallest absolute Gasteiger partial charge is 0.226 e. The molecule has 1 rings (SSSR count). The zero-order chi connectivity index (χ0) is 14.5. The van der Waals surface area contributed by atoms with Crippen molar-refractivity contribution in [3.63, 3.8) is 0 Å². The van der Waals surface area contributed by atoms with Crippen molar-refractivity contribution in [3.05, 3.63) is 24.3 Å². The van der Waals surface area contributed by atoms with Gasteiger partial charge in [-0.05, 0) is 38.1 Å². The number of amides is 1. The molecule has 19 heavy (non-hydrogen) atoms. The summed E-state index contributed by atoms with van der Waals surface area (Å²) in [5.41, 5.74) is 5.68. The first-order valence-corrected chi connectivity index (χ1v) is 6.22. The number of nitrogens with zero attached hydrogens (tertiary/aromatic N) is 1. The van der Waals surface area contributed by atoms with Crippen LogP contribution >= 0.6 is 0 Å². The molecule has 0 unspecified atom stereocenters. The van der Waals surface area contributed by atoms with Gasteiger partial charge in [0.2, 0.25) is 5.91 Å². The highest BCUT2D eigenvalue weighted by Crippen LogP contribution is 2.15. The summed E-state index contributed by atoms with van der Waals surface area (Å²) in [6, 6.07) is 7.03. The third kappa shape index (κ3) is 4.44. The van der Waals surface area contributed by atoms with Crippen LogP contribution < -0.4 is 10.5 Å². The number of hydrogen-bond donors (Lipinski definition) is 2. The number of carbonyl (C=O) groups excluding carboxylic acids is 1. The minimum atomic E-state index is -0.557. The number of nitrogens with two attached hydrogens (primary N) is 1. The Morgan fingerprint density at radius 2 is 1.95 bits per heavy atom. The van der Waals surface area contributed by atoms with Crippen molar-refractivity contribution in [2.24, 2.45) is 0 Å². The minimum Gasteiger partial charge on any atom is -0.493 e. The van der Waals surface area contributed by atoms with E-state index in [1.54, 1.807) is 36.2 Å². The second-order valence-corrected chi connectivity index (χ2v) is 5.09. The lowest BCUT2D eigenvalue weighted by Gasteiger charge is -2.34. The first-order chi connectivity index (χ1) is 8.86. The van der Waals surface area contributed by atoms with Crippen LogP contribution in [0.15, 0.2) is 24.3 Å². The number of benzene rings is 1. The van der Waals surface area contributed by atoms with Gasteiger partial charge in [-0.2, -0.15) is 0 Å². The molecular formula is C14H22N2O3. The molecule has 0 aromatic heterocycles. The summed E-state index contributed by atoms with van der Waals surface area (Å²) in [7, 11) is 1.68. The number of likely N-dealkylation sites (N-methyl/N-ethyl adjacent to an activating group) is 1.